The van der Waals surface area contributed by atoms with Gasteiger partial charge in [0.05, 0.1) is 5.69 Å². The molecule has 0 saturated carbocycles. The van der Waals surface area contributed by atoms with Crippen LogP contribution in [-0.2, 0) is 16.6 Å². The van der Waals surface area contributed by atoms with Crippen molar-refractivity contribution < 1.29 is 19.5 Å². The van der Waals surface area contributed by atoms with Crippen molar-refractivity contribution in [1.82, 2.24) is 20.0 Å². The molecule has 0 radical (unpaired) electrons. The Bertz CT molecular complexity index is 754. The summed E-state index contributed by atoms with van der Waals surface area (Å²) in [4.78, 5) is 37.2. The Balaban J connectivity index is 1.78. The minimum absolute atomic E-state index is 0.0284. The largest absolute Gasteiger partial charge is 0.477 e. The number of carbonyl (C=O) groups excluding carboxylic acids is 2. The number of aliphatic carboxylic acids is 1. The molecule has 1 saturated heterocycles. The number of β-lactam (4-membered cyclic amide) rings is 1. The fraction of sp³-hybridized carbons (Fsp3) is 0.429. The van der Waals surface area contributed by atoms with Crippen molar-refractivity contribution in [1.29, 1.82) is 0 Å². The van der Waals surface area contributed by atoms with Gasteiger partial charge in [-0.2, -0.15) is 5.10 Å². The normalized spacial score (nSPS) is 23.4. The number of fused-ring (bicyclic) bond motifs is 1. The lowest BCUT2D eigenvalue weighted by atomic mass is 10.0. The van der Waals surface area contributed by atoms with E-state index in [2.05, 4.69) is 10.4 Å². The van der Waals surface area contributed by atoms with Crippen molar-refractivity contribution >= 4 is 29.5 Å². The van der Waals surface area contributed by atoms with Gasteiger partial charge in [-0.3, -0.25) is 19.2 Å². The van der Waals surface area contributed by atoms with Crippen molar-refractivity contribution in [3.8, 4) is 0 Å². The van der Waals surface area contributed by atoms with Crippen LogP contribution in [0.2, 0.25) is 0 Å². The molecule has 9 heteroatoms. The van der Waals surface area contributed by atoms with Crippen LogP contribution in [-0.4, -0.2) is 54.7 Å². The Morgan fingerprint density at radius 1 is 1.43 bits per heavy atom. The zero-order chi connectivity index (χ0) is 16.9. The number of aryl methyl sites for hydroxylation is 2. The molecule has 2 amide bonds. The Kier molecular flexibility index (Phi) is 3.67. The third kappa shape index (κ3) is 2.40. The second kappa shape index (κ2) is 5.41. The second-order valence-corrected chi connectivity index (χ2v) is 6.69. The third-order valence-corrected chi connectivity index (χ3v) is 5.31. The molecule has 0 aliphatic carbocycles. The third-order valence-electron chi connectivity index (χ3n) is 3.88. The predicted octanol–water partition coefficient (Wildman–Crippen LogP) is 0.101. The number of amides is 2. The number of rotatable bonds is 3. The number of carboxylic acids is 1. The lowest BCUT2D eigenvalue weighted by molar-refractivity contribution is -0.148. The van der Waals surface area contributed by atoms with Crippen LogP contribution in [0.5, 0.6) is 0 Å². The van der Waals surface area contributed by atoms with E-state index in [4.69, 9.17) is 0 Å². The summed E-state index contributed by atoms with van der Waals surface area (Å²) >= 11 is 1.45. The van der Waals surface area contributed by atoms with Gasteiger partial charge < -0.3 is 10.4 Å². The van der Waals surface area contributed by atoms with E-state index in [1.807, 2.05) is 0 Å². The van der Waals surface area contributed by atoms with E-state index >= 15 is 0 Å². The lowest BCUT2D eigenvalue weighted by Crippen LogP contribution is -2.70. The number of hydrogen-bond acceptors (Lipinski definition) is 5. The van der Waals surface area contributed by atoms with Crippen LogP contribution in [0.4, 0.5) is 0 Å². The molecular weight excluding hydrogens is 320 g/mol. The smallest absolute Gasteiger partial charge is 0.352 e. The van der Waals surface area contributed by atoms with E-state index in [-0.39, 0.29) is 11.1 Å². The zero-order valence-electron chi connectivity index (χ0n) is 12.9. The van der Waals surface area contributed by atoms with Gasteiger partial charge in [0.25, 0.3) is 11.8 Å². The molecule has 122 valence electrons. The summed E-state index contributed by atoms with van der Waals surface area (Å²) in [6.45, 7) is 3.47. The summed E-state index contributed by atoms with van der Waals surface area (Å²) in [5, 5.41) is 15.7. The van der Waals surface area contributed by atoms with E-state index < -0.39 is 23.8 Å². The van der Waals surface area contributed by atoms with E-state index in [0.29, 0.717) is 22.7 Å². The fourth-order valence-electron chi connectivity index (χ4n) is 2.81. The van der Waals surface area contributed by atoms with Gasteiger partial charge in [0.2, 0.25) is 0 Å². The fourth-order valence-corrected chi connectivity index (χ4v) is 4.11. The predicted molar refractivity (Wildman–Crippen MR) is 82.6 cm³/mol. The SMILES string of the molecule is CC1=C(C(=O)O)N2C(=O)[C@H](NC(=O)c3cc(C)nn3C)[C@H]2SC1. The highest BCUT2D eigenvalue weighted by Gasteiger charge is 2.53. The molecule has 23 heavy (non-hydrogen) atoms. The lowest BCUT2D eigenvalue weighted by Gasteiger charge is -2.49. The van der Waals surface area contributed by atoms with Gasteiger partial charge in [-0.1, -0.05) is 0 Å². The van der Waals surface area contributed by atoms with Crippen LogP contribution < -0.4 is 5.32 Å². The van der Waals surface area contributed by atoms with Gasteiger partial charge in [-0.05, 0) is 25.5 Å². The molecule has 2 N–H and O–H groups in total. The van der Waals surface area contributed by atoms with Gasteiger partial charge in [0.15, 0.2) is 0 Å². The zero-order valence-corrected chi connectivity index (χ0v) is 13.7. The molecular formula is C14H16N4O4S. The first-order valence-corrected chi connectivity index (χ1v) is 8.05. The molecule has 8 nitrogen and oxygen atoms in total. The number of thioether (sulfide) groups is 1. The number of nitrogens with zero attached hydrogens (tertiary/aromatic N) is 3. The van der Waals surface area contributed by atoms with E-state index in [0.717, 1.165) is 0 Å². The van der Waals surface area contributed by atoms with Crippen LogP contribution >= 0.6 is 11.8 Å². The van der Waals surface area contributed by atoms with Crippen molar-refractivity contribution in [2.75, 3.05) is 5.75 Å². The average molecular weight is 336 g/mol. The first kappa shape index (κ1) is 15.6. The van der Waals surface area contributed by atoms with Crippen molar-refractivity contribution in [2.45, 2.75) is 25.3 Å². The quantitative estimate of drug-likeness (QED) is 0.759. The molecule has 1 aromatic rings. The Labute approximate surface area is 136 Å². The molecule has 0 bridgehead atoms. The van der Waals surface area contributed by atoms with E-state index in [1.165, 1.54) is 21.3 Å². The summed E-state index contributed by atoms with van der Waals surface area (Å²) < 4.78 is 1.45. The summed E-state index contributed by atoms with van der Waals surface area (Å²) in [5.74, 6) is -1.39. The van der Waals surface area contributed by atoms with Crippen LogP contribution in [0.1, 0.15) is 23.1 Å². The van der Waals surface area contributed by atoms with Gasteiger partial charge >= 0.3 is 5.97 Å². The van der Waals surface area contributed by atoms with Crippen LogP contribution in [0.25, 0.3) is 0 Å². The van der Waals surface area contributed by atoms with Crippen molar-refractivity contribution in [2.24, 2.45) is 7.05 Å². The molecule has 3 rings (SSSR count). The number of carboxylic acid groups (broad SMARTS) is 1. The highest BCUT2D eigenvalue weighted by molar-refractivity contribution is 8.00. The molecule has 1 aromatic heterocycles. The highest BCUT2D eigenvalue weighted by Crippen LogP contribution is 2.40. The molecule has 0 unspecified atom stereocenters. The molecule has 3 heterocycles. The maximum absolute atomic E-state index is 12.3. The number of hydrogen-bond donors (Lipinski definition) is 2. The summed E-state index contributed by atoms with van der Waals surface area (Å²) in [6.07, 6.45) is 0. The minimum atomic E-state index is -1.12. The van der Waals surface area contributed by atoms with Gasteiger partial charge in [0.1, 0.15) is 22.8 Å². The Morgan fingerprint density at radius 3 is 2.70 bits per heavy atom. The van der Waals surface area contributed by atoms with Crippen LogP contribution in [0, 0.1) is 6.92 Å². The van der Waals surface area contributed by atoms with E-state index in [9.17, 15) is 19.5 Å². The number of aromatic nitrogens is 2. The molecule has 0 aromatic carbocycles. The van der Waals surface area contributed by atoms with Gasteiger partial charge in [-0.25, -0.2) is 4.79 Å². The first-order valence-electron chi connectivity index (χ1n) is 7.00. The van der Waals surface area contributed by atoms with Gasteiger partial charge in [0, 0.05) is 12.8 Å². The molecule has 1 fully saturated rings. The van der Waals surface area contributed by atoms with Crippen LogP contribution in [0.3, 0.4) is 0 Å². The summed E-state index contributed by atoms with van der Waals surface area (Å²) in [5.41, 5.74) is 1.75. The Morgan fingerprint density at radius 2 is 2.13 bits per heavy atom. The first-order chi connectivity index (χ1) is 10.8. The maximum Gasteiger partial charge on any atom is 0.352 e. The molecule has 0 spiro atoms. The molecule has 2 aliphatic rings. The number of nitrogens with one attached hydrogen (secondary N) is 1. The molecule has 2 aliphatic heterocycles. The Hall–Kier alpha value is -2.29. The second-order valence-electron chi connectivity index (χ2n) is 5.59. The van der Waals surface area contributed by atoms with Gasteiger partial charge in [-0.15, -0.1) is 11.8 Å². The van der Waals surface area contributed by atoms with E-state index in [1.54, 1.807) is 27.0 Å². The monoisotopic (exact) mass is 336 g/mol. The molecule has 2 atom stereocenters. The van der Waals surface area contributed by atoms with Crippen LogP contribution in [0.15, 0.2) is 17.3 Å². The van der Waals surface area contributed by atoms with Crippen molar-refractivity contribution in [3.05, 3.63) is 28.7 Å². The standard InChI is InChI=1S/C14H16N4O4S/c1-6-5-23-13-9(12(20)18(13)10(6)14(21)22)15-11(19)8-4-7(2)16-17(8)3/h4,9,13H,5H2,1-3H3,(H,15,19)(H,21,22)/t9-,13+/m0/s1. The van der Waals surface area contributed by atoms with Crippen molar-refractivity contribution in [3.63, 3.8) is 0 Å². The summed E-state index contributed by atoms with van der Waals surface area (Å²) in [6, 6.07) is 0.918. The number of carbonyl (C=O) groups is 3. The maximum atomic E-state index is 12.3. The average Bonchev–Trinajstić information content (AvgIpc) is 2.82. The topological polar surface area (TPSA) is 105 Å². The summed E-state index contributed by atoms with van der Waals surface area (Å²) in [7, 11) is 1.65. The highest BCUT2D eigenvalue weighted by atomic mass is 32.2. The minimum Gasteiger partial charge on any atom is -0.477 e.